The van der Waals surface area contributed by atoms with E-state index >= 15 is 0 Å². The normalized spacial score (nSPS) is 16.8. The molecule has 5 amide bonds. The summed E-state index contributed by atoms with van der Waals surface area (Å²) in [5.41, 5.74) is 1.13. The first-order valence-electron chi connectivity index (χ1n) is 9.88. The molecule has 1 aromatic rings. The lowest BCUT2D eigenvalue weighted by molar-refractivity contribution is -0.132. The summed E-state index contributed by atoms with van der Waals surface area (Å²) >= 11 is 0. The van der Waals surface area contributed by atoms with E-state index in [1.165, 1.54) is 13.1 Å². The van der Waals surface area contributed by atoms with Gasteiger partial charge in [-0.2, -0.15) is 0 Å². The topological polar surface area (TPSA) is 93.3 Å². The summed E-state index contributed by atoms with van der Waals surface area (Å²) in [5.74, 6) is -0.596. The number of anilines is 1. The maximum Gasteiger partial charge on any atom is 0.321 e. The Morgan fingerprint density at radius 3 is 2.24 bits per heavy atom. The van der Waals surface area contributed by atoms with Crippen molar-refractivity contribution >= 4 is 29.4 Å². The third kappa shape index (κ3) is 4.24. The van der Waals surface area contributed by atoms with Crippen LogP contribution in [-0.2, 0) is 4.79 Å². The molecule has 1 saturated heterocycles. The highest BCUT2D eigenvalue weighted by Crippen LogP contribution is 2.25. The van der Waals surface area contributed by atoms with E-state index in [9.17, 15) is 19.2 Å². The van der Waals surface area contributed by atoms with Crippen LogP contribution in [0.25, 0.3) is 0 Å². The van der Waals surface area contributed by atoms with E-state index < -0.39 is 0 Å². The van der Waals surface area contributed by atoms with Gasteiger partial charge in [0.15, 0.2) is 0 Å². The van der Waals surface area contributed by atoms with Crippen LogP contribution in [0.3, 0.4) is 0 Å². The average Bonchev–Trinajstić information content (AvgIpc) is 2.93. The third-order valence-electron chi connectivity index (χ3n) is 5.48. The van der Waals surface area contributed by atoms with Crippen molar-refractivity contribution < 1.29 is 19.2 Å². The first kappa shape index (κ1) is 20.8. The van der Waals surface area contributed by atoms with Gasteiger partial charge in [0.25, 0.3) is 11.8 Å². The molecule has 0 atom stereocenters. The standard InChI is InChI=1S/C20H27N5O4/c1-4-24(5-2)17(26)13-23-8-10-25(11-9-23)20(29)21-14-6-7-15-16(12-14)19(28)22(3)18(15)27/h6-7,12H,4-5,8-11,13H2,1-3H3,(H,21,29). The van der Waals surface area contributed by atoms with Crippen LogP contribution in [0.2, 0.25) is 0 Å². The Kier molecular flexibility index (Phi) is 6.17. The predicted octanol–water partition coefficient (Wildman–Crippen LogP) is 0.930. The first-order chi connectivity index (χ1) is 13.8. The van der Waals surface area contributed by atoms with E-state index in [1.54, 1.807) is 21.9 Å². The van der Waals surface area contributed by atoms with Gasteiger partial charge in [-0.15, -0.1) is 0 Å². The largest absolute Gasteiger partial charge is 0.342 e. The highest BCUT2D eigenvalue weighted by Gasteiger charge is 2.33. The minimum atomic E-state index is -0.368. The second-order valence-corrected chi connectivity index (χ2v) is 7.19. The molecule has 0 spiro atoms. The summed E-state index contributed by atoms with van der Waals surface area (Å²) in [6.45, 7) is 7.97. The van der Waals surface area contributed by atoms with Crippen LogP contribution in [0.15, 0.2) is 18.2 Å². The zero-order valence-electron chi connectivity index (χ0n) is 17.1. The van der Waals surface area contributed by atoms with Crippen LogP contribution in [0, 0.1) is 0 Å². The zero-order chi connectivity index (χ0) is 21.1. The number of urea groups is 1. The van der Waals surface area contributed by atoms with Crippen molar-refractivity contribution in [2.24, 2.45) is 0 Å². The van der Waals surface area contributed by atoms with E-state index in [2.05, 4.69) is 10.2 Å². The molecule has 2 aliphatic heterocycles. The number of hydrogen-bond acceptors (Lipinski definition) is 5. The summed E-state index contributed by atoms with van der Waals surface area (Å²) in [6.07, 6.45) is 0. The lowest BCUT2D eigenvalue weighted by Gasteiger charge is -2.35. The van der Waals surface area contributed by atoms with Crippen molar-refractivity contribution in [3.63, 3.8) is 0 Å². The molecule has 29 heavy (non-hydrogen) atoms. The van der Waals surface area contributed by atoms with Gasteiger partial charge in [0.05, 0.1) is 17.7 Å². The Hall–Kier alpha value is -2.94. The molecule has 0 aromatic heterocycles. The van der Waals surface area contributed by atoms with Crippen molar-refractivity contribution in [3.05, 3.63) is 29.3 Å². The van der Waals surface area contributed by atoms with Gasteiger partial charge in [-0.25, -0.2) is 4.79 Å². The molecule has 0 saturated carbocycles. The van der Waals surface area contributed by atoms with Crippen LogP contribution in [-0.4, -0.2) is 96.2 Å². The van der Waals surface area contributed by atoms with E-state index in [4.69, 9.17) is 0 Å². The summed E-state index contributed by atoms with van der Waals surface area (Å²) in [6, 6.07) is 4.46. The average molecular weight is 401 g/mol. The molecule has 0 radical (unpaired) electrons. The van der Waals surface area contributed by atoms with Gasteiger partial charge in [-0.05, 0) is 32.0 Å². The van der Waals surface area contributed by atoms with Crippen molar-refractivity contribution in [1.29, 1.82) is 0 Å². The van der Waals surface area contributed by atoms with Crippen molar-refractivity contribution in [2.75, 3.05) is 58.2 Å². The number of piperazine rings is 1. The van der Waals surface area contributed by atoms with Crippen LogP contribution in [0.1, 0.15) is 34.6 Å². The molecule has 1 fully saturated rings. The van der Waals surface area contributed by atoms with Gasteiger partial charge in [-0.3, -0.25) is 24.2 Å². The maximum absolute atomic E-state index is 12.6. The molecule has 2 aliphatic rings. The van der Waals surface area contributed by atoms with Gasteiger partial charge in [0.1, 0.15) is 0 Å². The number of carbonyl (C=O) groups excluding carboxylic acids is 4. The minimum Gasteiger partial charge on any atom is -0.342 e. The van der Waals surface area contributed by atoms with Crippen LogP contribution in [0.5, 0.6) is 0 Å². The Morgan fingerprint density at radius 2 is 1.62 bits per heavy atom. The quantitative estimate of drug-likeness (QED) is 0.741. The molecule has 1 aromatic carbocycles. The summed E-state index contributed by atoms with van der Waals surface area (Å²) in [7, 11) is 1.44. The SMILES string of the molecule is CCN(CC)C(=O)CN1CCN(C(=O)Nc2ccc3c(c2)C(=O)N(C)C3=O)CC1. The molecular formula is C20H27N5O4. The lowest BCUT2D eigenvalue weighted by atomic mass is 10.1. The minimum absolute atomic E-state index is 0.107. The molecule has 2 heterocycles. The number of carbonyl (C=O) groups is 4. The fourth-order valence-electron chi connectivity index (χ4n) is 3.62. The number of rotatable bonds is 5. The van der Waals surface area contributed by atoms with Crippen LogP contribution >= 0.6 is 0 Å². The van der Waals surface area contributed by atoms with E-state index in [0.717, 1.165) is 4.90 Å². The Morgan fingerprint density at radius 1 is 1.00 bits per heavy atom. The van der Waals surface area contributed by atoms with Gasteiger partial charge < -0.3 is 15.1 Å². The van der Waals surface area contributed by atoms with Crippen LogP contribution < -0.4 is 5.32 Å². The number of likely N-dealkylation sites (N-methyl/N-ethyl adjacent to an activating group) is 1. The van der Waals surface area contributed by atoms with Crippen molar-refractivity contribution in [1.82, 2.24) is 19.6 Å². The smallest absolute Gasteiger partial charge is 0.321 e. The fourth-order valence-corrected chi connectivity index (χ4v) is 3.62. The first-order valence-corrected chi connectivity index (χ1v) is 9.88. The van der Waals surface area contributed by atoms with Crippen molar-refractivity contribution in [3.8, 4) is 0 Å². The zero-order valence-corrected chi connectivity index (χ0v) is 17.1. The highest BCUT2D eigenvalue weighted by atomic mass is 16.2. The van der Waals surface area contributed by atoms with Crippen molar-refractivity contribution in [2.45, 2.75) is 13.8 Å². The second-order valence-electron chi connectivity index (χ2n) is 7.19. The number of benzene rings is 1. The van der Waals surface area contributed by atoms with E-state index in [-0.39, 0.29) is 23.8 Å². The fraction of sp³-hybridized carbons (Fsp3) is 0.500. The maximum atomic E-state index is 12.6. The van der Waals surface area contributed by atoms with Gasteiger partial charge in [0, 0.05) is 52.0 Å². The summed E-state index contributed by atoms with van der Waals surface area (Å²) in [5, 5.41) is 2.79. The third-order valence-corrected chi connectivity index (χ3v) is 5.48. The number of nitrogens with one attached hydrogen (secondary N) is 1. The number of hydrogen-bond donors (Lipinski definition) is 1. The molecule has 9 heteroatoms. The van der Waals surface area contributed by atoms with Gasteiger partial charge >= 0.3 is 6.03 Å². The Labute approximate surface area is 170 Å². The van der Waals surface area contributed by atoms with E-state index in [0.29, 0.717) is 62.6 Å². The number of amides is 5. The molecule has 1 N–H and O–H groups in total. The molecule has 9 nitrogen and oxygen atoms in total. The monoisotopic (exact) mass is 401 g/mol. The number of fused-ring (bicyclic) bond motifs is 1. The van der Waals surface area contributed by atoms with Gasteiger partial charge in [0.2, 0.25) is 5.91 Å². The molecule has 0 unspecified atom stereocenters. The Bertz CT molecular complexity index is 828. The van der Waals surface area contributed by atoms with E-state index in [1.807, 2.05) is 13.8 Å². The highest BCUT2D eigenvalue weighted by molar-refractivity contribution is 6.21. The molecule has 0 bridgehead atoms. The molecular weight excluding hydrogens is 374 g/mol. The predicted molar refractivity (Wildman–Crippen MR) is 108 cm³/mol. The molecule has 156 valence electrons. The van der Waals surface area contributed by atoms with Gasteiger partial charge in [-0.1, -0.05) is 0 Å². The molecule has 0 aliphatic carbocycles. The lowest BCUT2D eigenvalue weighted by Crippen LogP contribution is -2.52. The Balaban J connectivity index is 1.54. The summed E-state index contributed by atoms with van der Waals surface area (Å²) < 4.78 is 0. The second kappa shape index (κ2) is 8.60. The summed E-state index contributed by atoms with van der Waals surface area (Å²) in [4.78, 5) is 55.5. The van der Waals surface area contributed by atoms with Crippen LogP contribution in [0.4, 0.5) is 10.5 Å². The molecule has 3 rings (SSSR count). The number of nitrogens with zero attached hydrogens (tertiary/aromatic N) is 4. The number of imide groups is 1.